The molecule has 0 unspecified atom stereocenters. The van der Waals surface area contributed by atoms with Gasteiger partial charge in [-0.15, -0.1) is 0 Å². The largest absolute Gasteiger partial charge is 0.502 e. The van der Waals surface area contributed by atoms with E-state index in [-0.39, 0.29) is 0 Å². The van der Waals surface area contributed by atoms with Gasteiger partial charge in [0.05, 0.1) is 0 Å². The number of hydrogen-bond acceptors (Lipinski definition) is 3. The summed E-state index contributed by atoms with van der Waals surface area (Å²) in [4.78, 5) is 10.5. The van der Waals surface area contributed by atoms with E-state index in [1.807, 2.05) is 0 Å². The van der Waals surface area contributed by atoms with Crippen LogP contribution < -0.4 is 4.74 Å². The molecule has 15 heavy (non-hydrogen) atoms. The Morgan fingerprint density at radius 3 is 2.20 bits per heavy atom. The fourth-order valence-corrected chi connectivity index (χ4v) is 0.976. The van der Waals surface area contributed by atoms with Gasteiger partial charge < -0.3 is 9.84 Å². The van der Waals surface area contributed by atoms with E-state index in [0.29, 0.717) is 0 Å². The van der Waals surface area contributed by atoms with Crippen molar-refractivity contribution >= 4 is 5.97 Å². The van der Waals surface area contributed by atoms with Crippen molar-refractivity contribution in [2.45, 2.75) is 13.8 Å². The summed E-state index contributed by atoms with van der Waals surface area (Å²) in [5, 5.41) is 9.00. The topological polar surface area (TPSA) is 46.5 Å². The molecule has 0 aliphatic rings. The Balaban J connectivity index is 3.45. The van der Waals surface area contributed by atoms with Crippen molar-refractivity contribution in [1.29, 1.82) is 0 Å². The highest BCUT2D eigenvalue weighted by atomic mass is 19.2. The Bertz CT molecular complexity index is 400. The van der Waals surface area contributed by atoms with E-state index >= 15 is 0 Å². The number of ether oxygens (including phenoxy) is 1. The maximum Gasteiger partial charge on any atom is 0.308 e. The highest BCUT2D eigenvalue weighted by Crippen LogP contribution is 2.36. The predicted molar refractivity (Wildman–Crippen MR) is 44.0 cm³/mol. The zero-order valence-electron chi connectivity index (χ0n) is 7.90. The lowest BCUT2D eigenvalue weighted by Gasteiger charge is -2.09. The highest BCUT2D eigenvalue weighted by Gasteiger charge is 2.24. The van der Waals surface area contributed by atoms with Gasteiger partial charge in [-0.05, 0) is 6.92 Å². The summed E-state index contributed by atoms with van der Waals surface area (Å²) in [6.07, 6.45) is 0. The van der Waals surface area contributed by atoms with Gasteiger partial charge in [-0.3, -0.25) is 4.79 Å². The molecule has 0 radical (unpaired) electrons. The van der Waals surface area contributed by atoms with E-state index in [2.05, 4.69) is 4.74 Å². The average molecular weight is 220 g/mol. The number of benzene rings is 1. The number of hydrogen-bond donors (Lipinski definition) is 1. The van der Waals surface area contributed by atoms with Crippen LogP contribution in [0.1, 0.15) is 12.5 Å². The first-order chi connectivity index (χ1) is 6.86. The van der Waals surface area contributed by atoms with Crippen LogP contribution in [0.5, 0.6) is 11.5 Å². The van der Waals surface area contributed by atoms with Gasteiger partial charge in [-0.1, -0.05) is 0 Å². The van der Waals surface area contributed by atoms with Crippen LogP contribution in [0.3, 0.4) is 0 Å². The van der Waals surface area contributed by atoms with Gasteiger partial charge in [0.1, 0.15) is 0 Å². The molecule has 1 rings (SSSR count). The number of aromatic hydroxyl groups is 1. The monoisotopic (exact) mass is 220 g/mol. The van der Waals surface area contributed by atoms with Crippen LogP contribution in [-0.2, 0) is 4.79 Å². The fourth-order valence-electron chi connectivity index (χ4n) is 0.976. The van der Waals surface area contributed by atoms with E-state index in [4.69, 9.17) is 5.11 Å². The zero-order chi connectivity index (χ0) is 11.7. The van der Waals surface area contributed by atoms with Crippen molar-refractivity contribution in [2.24, 2.45) is 0 Å². The van der Waals surface area contributed by atoms with Crippen LogP contribution >= 0.6 is 0 Å². The smallest absolute Gasteiger partial charge is 0.308 e. The maximum atomic E-state index is 13.2. The lowest BCUT2D eigenvalue weighted by atomic mass is 10.2. The van der Waals surface area contributed by atoms with Gasteiger partial charge in [-0.2, -0.15) is 4.39 Å². The first-order valence-electron chi connectivity index (χ1n) is 3.90. The number of carbonyl (C=O) groups is 1. The zero-order valence-corrected chi connectivity index (χ0v) is 7.90. The summed E-state index contributed by atoms with van der Waals surface area (Å²) in [5.41, 5.74) is -0.665. The van der Waals surface area contributed by atoms with Crippen molar-refractivity contribution < 1.29 is 27.8 Å². The summed E-state index contributed by atoms with van der Waals surface area (Å²) < 4.78 is 43.2. The van der Waals surface area contributed by atoms with Crippen LogP contribution in [0.4, 0.5) is 13.2 Å². The second-order valence-corrected chi connectivity index (χ2v) is 2.84. The quantitative estimate of drug-likeness (QED) is 0.447. The summed E-state index contributed by atoms with van der Waals surface area (Å²) in [7, 11) is 0. The molecule has 3 nitrogen and oxygen atoms in total. The molecule has 0 heterocycles. The van der Waals surface area contributed by atoms with Crippen molar-refractivity contribution in [3.63, 3.8) is 0 Å². The van der Waals surface area contributed by atoms with E-state index in [9.17, 15) is 18.0 Å². The van der Waals surface area contributed by atoms with Crippen LogP contribution in [-0.4, -0.2) is 11.1 Å². The molecule has 82 valence electrons. The van der Waals surface area contributed by atoms with E-state index in [1.165, 1.54) is 0 Å². The Morgan fingerprint density at radius 1 is 1.20 bits per heavy atom. The van der Waals surface area contributed by atoms with Gasteiger partial charge in [-0.25, -0.2) is 8.78 Å². The van der Waals surface area contributed by atoms with Crippen molar-refractivity contribution in [2.75, 3.05) is 0 Å². The third kappa shape index (κ3) is 1.88. The molecule has 0 saturated heterocycles. The van der Waals surface area contributed by atoms with E-state index < -0.39 is 40.5 Å². The van der Waals surface area contributed by atoms with Gasteiger partial charge in [0.15, 0.2) is 11.6 Å². The minimum atomic E-state index is -1.65. The molecule has 0 saturated carbocycles. The minimum absolute atomic E-state index is 0.665. The average Bonchev–Trinajstić information content (AvgIpc) is 2.18. The SMILES string of the molecule is CC(=O)Oc1c(O)c(F)c(F)c(C)c1F. The molecule has 1 N–H and O–H groups in total. The lowest BCUT2D eigenvalue weighted by molar-refractivity contribution is -0.132. The lowest BCUT2D eigenvalue weighted by Crippen LogP contribution is -2.07. The normalized spacial score (nSPS) is 10.2. The molecular weight excluding hydrogens is 213 g/mol. The molecule has 0 aromatic heterocycles. The van der Waals surface area contributed by atoms with Crippen LogP contribution in [0, 0.1) is 24.4 Å². The van der Waals surface area contributed by atoms with Gasteiger partial charge in [0.25, 0.3) is 0 Å². The number of rotatable bonds is 1. The van der Waals surface area contributed by atoms with Gasteiger partial charge in [0.2, 0.25) is 17.3 Å². The molecule has 1 aromatic carbocycles. The molecule has 0 aliphatic carbocycles. The second-order valence-electron chi connectivity index (χ2n) is 2.84. The Labute approximate surface area is 83.1 Å². The molecular formula is C9H7F3O3. The molecule has 1 aromatic rings. The van der Waals surface area contributed by atoms with E-state index in [0.717, 1.165) is 13.8 Å². The third-order valence-electron chi connectivity index (χ3n) is 1.72. The molecule has 0 aliphatic heterocycles. The molecule has 0 fully saturated rings. The summed E-state index contributed by atoms with van der Waals surface area (Å²) in [6.45, 7) is 1.90. The number of carbonyl (C=O) groups excluding carboxylic acids is 1. The predicted octanol–water partition coefficient (Wildman–Crippen LogP) is 2.04. The molecule has 0 bridgehead atoms. The van der Waals surface area contributed by atoms with Crippen LogP contribution in [0.25, 0.3) is 0 Å². The Hall–Kier alpha value is -1.72. The summed E-state index contributed by atoms with van der Waals surface area (Å²) in [5.74, 6) is -7.77. The van der Waals surface area contributed by atoms with Crippen molar-refractivity contribution in [3.05, 3.63) is 23.0 Å². The number of esters is 1. The Kier molecular flexibility index (Phi) is 2.88. The summed E-state index contributed by atoms with van der Waals surface area (Å²) in [6, 6.07) is 0. The first-order valence-corrected chi connectivity index (χ1v) is 3.90. The highest BCUT2D eigenvalue weighted by molar-refractivity contribution is 5.70. The maximum absolute atomic E-state index is 13.2. The van der Waals surface area contributed by atoms with Crippen molar-refractivity contribution in [1.82, 2.24) is 0 Å². The van der Waals surface area contributed by atoms with E-state index in [1.54, 1.807) is 0 Å². The van der Waals surface area contributed by atoms with Crippen molar-refractivity contribution in [3.8, 4) is 11.5 Å². The number of phenolic OH excluding ortho intramolecular Hbond substituents is 1. The minimum Gasteiger partial charge on any atom is -0.502 e. The van der Waals surface area contributed by atoms with Crippen LogP contribution in [0.15, 0.2) is 0 Å². The molecule has 6 heteroatoms. The first kappa shape index (κ1) is 11.4. The fraction of sp³-hybridized carbons (Fsp3) is 0.222. The number of phenols is 1. The molecule has 0 spiro atoms. The molecule has 0 atom stereocenters. The van der Waals surface area contributed by atoms with Crippen LogP contribution in [0.2, 0.25) is 0 Å². The standard InChI is InChI=1S/C9H7F3O3/c1-3-5(10)7(12)8(14)9(6(3)11)15-4(2)13/h14H,1-2H3. The third-order valence-corrected chi connectivity index (χ3v) is 1.72. The van der Waals surface area contributed by atoms with Gasteiger partial charge in [0, 0.05) is 12.5 Å². The summed E-state index contributed by atoms with van der Waals surface area (Å²) >= 11 is 0. The number of halogens is 3. The second kappa shape index (κ2) is 3.80. The van der Waals surface area contributed by atoms with Gasteiger partial charge >= 0.3 is 5.97 Å². The Morgan fingerprint density at radius 2 is 1.73 bits per heavy atom. The molecule has 0 amide bonds.